The van der Waals surface area contributed by atoms with Gasteiger partial charge in [0.2, 0.25) is 0 Å². The number of phenols is 1. The molecule has 1 N–H and O–H groups in total. The summed E-state index contributed by atoms with van der Waals surface area (Å²) in [6.45, 7) is 1.54. The molecular weight excluding hydrogens is 623 g/mol. The molecule has 3 aromatic rings. The van der Waals surface area contributed by atoms with E-state index in [1.165, 1.54) is 20.0 Å². The van der Waals surface area contributed by atoms with Crippen LogP contribution in [0, 0.1) is 17.8 Å². The molecule has 4 aliphatic rings. The van der Waals surface area contributed by atoms with E-state index in [2.05, 4.69) is 4.98 Å². The van der Waals surface area contributed by atoms with Crippen LogP contribution in [-0.4, -0.2) is 45.5 Å². The Balaban J connectivity index is 1.34. The van der Waals surface area contributed by atoms with E-state index >= 15 is 0 Å². The van der Waals surface area contributed by atoms with Crippen LogP contribution in [0.2, 0.25) is 5.02 Å². The SMILES string of the molecule is CC1=CC(=O)C2=C(C[C@@H]3C(=CC[C@@H]4C(=O)N(N(C)c5nc(C(F)(F)F)ccc5Cl)C(=O)[C@@H]43)[C@@H]2c2ccc3ccccc3c2O)C1=O. The van der Waals surface area contributed by atoms with Gasteiger partial charge >= 0.3 is 6.18 Å². The maximum absolute atomic E-state index is 14.2. The van der Waals surface area contributed by atoms with Gasteiger partial charge in [-0.05, 0) is 49.3 Å². The Kier molecular flexibility index (Phi) is 6.75. The van der Waals surface area contributed by atoms with Crippen LogP contribution >= 0.6 is 11.6 Å². The average Bonchev–Trinajstić information content (AvgIpc) is 3.28. The van der Waals surface area contributed by atoms with Crippen LogP contribution in [-0.2, 0) is 25.4 Å². The summed E-state index contributed by atoms with van der Waals surface area (Å²) in [7, 11) is 1.24. The zero-order chi connectivity index (χ0) is 32.8. The van der Waals surface area contributed by atoms with Gasteiger partial charge in [0.15, 0.2) is 17.4 Å². The van der Waals surface area contributed by atoms with Crippen LogP contribution in [0.3, 0.4) is 0 Å². The molecule has 0 unspecified atom stereocenters. The summed E-state index contributed by atoms with van der Waals surface area (Å²) in [5.74, 6) is -5.99. The highest BCUT2D eigenvalue weighted by Crippen LogP contribution is 2.56. The largest absolute Gasteiger partial charge is 0.507 e. The third kappa shape index (κ3) is 4.32. The number of benzene rings is 2. The van der Waals surface area contributed by atoms with Crippen molar-refractivity contribution in [3.8, 4) is 5.75 Å². The maximum atomic E-state index is 14.2. The molecule has 12 heteroatoms. The van der Waals surface area contributed by atoms with E-state index in [0.717, 1.165) is 21.5 Å². The van der Waals surface area contributed by atoms with Gasteiger partial charge in [0.1, 0.15) is 11.4 Å². The zero-order valence-electron chi connectivity index (χ0n) is 24.4. The fourth-order valence-corrected chi connectivity index (χ4v) is 7.66. The third-order valence-corrected chi connectivity index (χ3v) is 9.80. The van der Waals surface area contributed by atoms with Gasteiger partial charge in [-0.2, -0.15) is 18.2 Å². The number of Topliss-reactive ketones (excluding diaryl/α,β-unsaturated/α-hetero) is 1. The monoisotopic (exact) mass is 647 g/mol. The first-order valence-electron chi connectivity index (χ1n) is 14.6. The summed E-state index contributed by atoms with van der Waals surface area (Å²) in [4.78, 5) is 58.7. The predicted octanol–water partition coefficient (Wildman–Crippen LogP) is 6.09. The Hall–Kier alpha value is -4.77. The van der Waals surface area contributed by atoms with Crippen LogP contribution < -0.4 is 5.01 Å². The van der Waals surface area contributed by atoms with Gasteiger partial charge in [0.05, 0.1) is 16.9 Å². The topological polar surface area (TPSA) is 108 Å². The number of nitrogens with zero attached hydrogens (tertiary/aromatic N) is 3. The van der Waals surface area contributed by atoms with Crippen molar-refractivity contribution in [2.75, 3.05) is 12.1 Å². The highest BCUT2D eigenvalue weighted by molar-refractivity contribution is 6.33. The molecule has 3 aliphatic carbocycles. The third-order valence-electron chi connectivity index (χ3n) is 9.51. The quantitative estimate of drug-likeness (QED) is 0.208. The minimum Gasteiger partial charge on any atom is -0.507 e. The van der Waals surface area contributed by atoms with Gasteiger partial charge in [-0.15, -0.1) is 0 Å². The van der Waals surface area contributed by atoms with Crippen LogP contribution in [0.15, 0.2) is 83.0 Å². The van der Waals surface area contributed by atoms with Crippen molar-refractivity contribution in [3.63, 3.8) is 0 Å². The first-order chi connectivity index (χ1) is 21.8. The highest BCUT2D eigenvalue weighted by atomic mass is 35.5. The number of phenolic OH excluding ortho intramolecular Hbond substituents is 1. The van der Waals surface area contributed by atoms with Crippen LogP contribution in [0.5, 0.6) is 5.75 Å². The summed E-state index contributed by atoms with van der Waals surface area (Å²) in [6.07, 6.45) is -1.62. The molecule has 4 atom stereocenters. The zero-order valence-corrected chi connectivity index (χ0v) is 25.2. The second-order valence-corrected chi connectivity index (χ2v) is 12.4. The highest BCUT2D eigenvalue weighted by Gasteiger charge is 2.58. The molecule has 8 nitrogen and oxygen atoms in total. The molecule has 2 aromatic carbocycles. The number of anilines is 1. The molecule has 0 radical (unpaired) electrons. The Morgan fingerprint density at radius 3 is 2.48 bits per heavy atom. The number of amides is 2. The lowest BCUT2D eigenvalue weighted by atomic mass is 9.59. The molecule has 1 fully saturated rings. The van der Waals surface area contributed by atoms with Crippen molar-refractivity contribution in [3.05, 3.63) is 99.3 Å². The van der Waals surface area contributed by atoms with Gasteiger partial charge < -0.3 is 5.11 Å². The summed E-state index contributed by atoms with van der Waals surface area (Å²) < 4.78 is 40.4. The predicted molar refractivity (Wildman–Crippen MR) is 161 cm³/mol. The fourth-order valence-electron chi connectivity index (χ4n) is 7.43. The number of halogens is 4. The van der Waals surface area contributed by atoms with E-state index in [4.69, 9.17) is 11.6 Å². The lowest BCUT2D eigenvalue weighted by Crippen LogP contribution is -2.46. The number of hydrogen-bond acceptors (Lipinski definition) is 7. The van der Waals surface area contributed by atoms with Crippen molar-refractivity contribution < 1.29 is 37.5 Å². The molecule has 1 aliphatic heterocycles. The lowest BCUT2D eigenvalue weighted by molar-refractivity contribution is -0.141. The standard InChI is InChI=1S/C34H25ClF3N3O5/c1-15-13-24(42)28-22(29(15)43)14-21-18(26(28)19-8-7-16-5-3-4-6-17(16)30(19)44)9-10-20-27(21)33(46)41(32(20)45)40(2)31-23(35)11-12-25(39-31)34(36,37)38/h3-9,11-13,20-21,26-27,44H,10,14H2,1-2H3/t20-,21+,26+,27-/m0/s1. The minimum absolute atomic E-state index is 0.00205. The number of rotatable bonds is 3. The average molecular weight is 648 g/mol. The number of carbonyl (C=O) groups is 4. The number of aromatic nitrogens is 1. The Bertz CT molecular complexity index is 2020. The second-order valence-electron chi connectivity index (χ2n) is 12.0. The van der Waals surface area contributed by atoms with Crippen molar-refractivity contribution in [1.29, 1.82) is 0 Å². The van der Waals surface area contributed by atoms with Crippen LogP contribution in [0.1, 0.15) is 36.9 Å². The van der Waals surface area contributed by atoms with Crippen molar-refractivity contribution in [1.82, 2.24) is 9.99 Å². The van der Waals surface area contributed by atoms with Gasteiger partial charge in [-0.25, -0.2) is 4.98 Å². The normalized spacial score (nSPS) is 24.5. The molecule has 1 saturated heterocycles. The second kappa shape index (κ2) is 10.4. The van der Waals surface area contributed by atoms with E-state index in [0.29, 0.717) is 22.6 Å². The molecule has 1 aromatic heterocycles. The van der Waals surface area contributed by atoms with Crippen molar-refractivity contribution in [2.24, 2.45) is 17.8 Å². The number of carbonyl (C=O) groups excluding carboxylic acids is 4. The number of pyridine rings is 1. The van der Waals surface area contributed by atoms with Crippen molar-refractivity contribution >= 4 is 51.6 Å². The number of allylic oxidation sites excluding steroid dienone is 6. The number of hydrazine groups is 1. The number of hydrogen-bond donors (Lipinski definition) is 1. The summed E-state index contributed by atoms with van der Waals surface area (Å²) in [5, 5.41) is 14.3. The Morgan fingerprint density at radius 1 is 1.00 bits per heavy atom. The number of fused-ring (bicyclic) bond motifs is 4. The van der Waals surface area contributed by atoms with Gasteiger partial charge in [-0.3, -0.25) is 24.2 Å². The molecule has 0 spiro atoms. The van der Waals surface area contributed by atoms with E-state index in [1.807, 2.05) is 18.2 Å². The molecular formula is C34H25ClF3N3O5. The van der Waals surface area contributed by atoms with E-state index in [-0.39, 0.29) is 51.9 Å². The van der Waals surface area contributed by atoms with E-state index in [9.17, 15) is 37.5 Å². The lowest BCUT2D eigenvalue weighted by Gasteiger charge is -2.42. The minimum atomic E-state index is -4.79. The van der Waals surface area contributed by atoms with Gasteiger partial charge in [0.25, 0.3) is 11.8 Å². The van der Waals surface area contributed by atoms with Gasteiger partial charge in [-0.1, -0.05) is 59.6 Å². The summed E-state index contributed by atoms with van der Waals surface area (Å²) in [5.41, 5.74) is 0.465. The van der Waals surface area contributed by atoms with Crippen LogP contribution in [0.25, 0.3) is 10.8 Å². The molecule has 234 valence electrons. The van der Waals surface area contributed by atoms with Crippen LogP contribution in [0.4, 0.5) is 19.0 Å². The molecule has 0 bridgehead atoms. The molecule has 2 heterocycles. The van der Waals surface area contributed by atoms with E-state index in [1.54, 1.807) is 24.3 Å². The van der Waals surface area contributed by atoms with Gasteiger partial charge in [0, 0.05) is 40.6 Å². The Labute approximate surface area is 265 Å². The first kappa shape index (κ1) is 29.9. The number of ketones is 2. The van der Waals surface area contributed by atoms with E-state index < -0.39 is 53.2 Å². The fraction of sp³-hybridized carbons (Fsp3) is 0.265. The smallest absolute Gasteiger partial charge is 0.433 e. The number of alkyl halides is 3. The first-order valence-corrected chi connectivity index (χ1v) is 14.9. The molecule has 2 amide bonds. The maximum Gasteiger partial charge on any atom is 0.433 e. The Morgan fingerprint density at radius 2 is 1.74 bits per heavy atom. The van der Waals surface area contributed by atoms with Crippen molar-refractivity contribution in [2.45, 2.75) is 31.9 Å². The number of aromatic hydroxyl groups is 1. The molecule has 7 rings (SSSR count). The number of imide groups is 1. The summed E-state index contributed by atoms with van der Waals surface area (Å²) in [6, 6.07) is 12.4. The molecule has 0 saturated carbocycles. The summed E-state index contributed by atoms with van der Waals surface area (Å²) >= 11 is 6.21. The molecule has 46 heavy (non-hydrogen) atoms.